The molecule has 1 heterocycles. The Morgan fingerprint density at radius 3 is 2.48 bits per heavy atom. The van der Waals surface area contributed by atoms with Gasteiger partial charge in [0.05, 0.1) is 17.7 Å². The van der Waals surface area contributed by atoms with Crippen LogP contribution in [0, 0.1) is 0 Å². The van der Waals surface area contributed by atoms with Crippen LogP contribution in [0.25, 0.3) is 11.4 Å². The maximum Gasteiger partial charge on any atom is 0.248 e. The number of H-pyrrole nitrogens is 1. The molecular formula is C18H17N5O3S. The van der Waals surface area contributed by atoms with Gasteiger partial charge in [-0.1, -0.05) is 54.2 Å². The highest BCUT2D eigenvalue weighted by atomic mass is 32.2. The van der Waals surface area contributed by atoms with Crippen molar-refractivity contribution in [2.24, 2.45) is 0 Å². The third-order valence-electron chi connectivity index (χ3n) is 3.51. The summed E-state index contributed by atoms with van der Waals surface area (Å²) >= 11 is 1.11. The number of nitrogens with zero attached hydrogens (tertiary/aromatic N) is 2. The Kier molecular flexibility index (Phi) is 6.06. The average molecular weight is 383 g/mol. The highest BCUT2D eigenvalue weighted by Crippen LogP contribution is 2.26. The van der Waals surface area contributed by atoms with Crippen molar-refractivity contribution in [3.8, 4) is 17.1 Å². The van der Waals surface area contributed by atoms with E-state index in [1.807, 2.05) is 30.3 Å². The molecule has 0 aliphatic carbocycles. The third kappa shape index (κ3) is 5.32. The van der Waals surface area contributed by atoms with Gasteiger partial charge in [0.25, 0.3) is 0 Å². The Labute approximate surface area is 159 Å². The van der Waals surface area contributed by atoms with Gasteiger partial charge >= 0.3 is 0 Å². The summed E-state index contributed by atoms with van der Waals surface area (Å²) in [6, 6.07) is 16.0. The quantitative estimate of drug-likeness (QED) is 0.380. The number of amides is 2. The summed E-state index contributed by atoms with van der Waals surface area (Å²) in [7, 11) is 0. The van der Waals surface area contributed by atoms with Crippen molar-refractivity contribution < 1.29 is 14.7 Å². The molecule has 2 aromatic carbocycles. The summed E-state index contributed by atoms with van der Waals surface area (Å²) in [5.41, 5.74) is 6.11. The van der Waals surface area contributed by atoms with Crippen LogP contribution in [0.15, 0.2) is 59.8 Å². The molecule has 0 spiro atoms. The van der Waals surface area contributed by atoms with Crippen molar-refractivity contribution in [2.45, 2.75) is 11.6 Å². The molecule has 138 valence electrons. The number of hydrogen-bond donors (Lipinski definition) is 4. The van der Waals surface area contributed by atoms with Gasteiger partial charge < -0.3 is 5.11 Å². The van der Waals surface area contributed by atoms with Crippen LogP contribution in [0.1, 0.15) is 5.56 Å². The van der Waals surface area contributed by atoms with Crippen LogP contribution >= 0.6 is 11.8 Å². The first kappa shape index (κ1) is 18.5. The molecule has 8 nitrogen and oxygen atoms in total. The van der Waals surface area contributed by atoms with Crippen molar-refractivity contribution in [3.63, 3.8) is 0 Å². The van der Waals surface area contributed by atoms with Crippen LogP contribution in [0.4, 0.5) is 0 Å². The summed E-state index contributed by atoms with van der Waals surface area (Å²) in [5.74, 6) is -0.158. The Balaban J connectivity index is 1.44. The lowest BCUT2D eigenvalue weighted by Crippen LogP contribution is -2.43. The molecule has 3 rings (SSSR count). The molecule has 1 aromatic heterocycles. The number of hydrogen-bond acceptors (Lipinski definition) is 6. The van der Waals surface area contributed by atoms with E-state index in [2.05, 4.69) is 26.0 Å². The fourth-order valence-electron chi connectivity index (χ4n) is 2.24. The number of aromatic nitrogens is 3. The number of thioether (sulfide) groups is 1. The molecule has 9 heteroatoms. The number of carbonyl (C=O) groups excluding carboxylic acids is 2. The molecule has 3 aromatic rings. The highest BCUT2D eigenvalue weighted by molar-refractivity contribution is 7.99. The van der Waals surface area contributed by atoms with E-state index in [0.29, 0.717) is 16.5 Å². The first-order valence-electron chi connectivity index (χ1n) is 8.07. The number of aromatic hydroxyl groups is 1. The first-order valence-corrected chi connectivity index (χ1v) is 9.05. The molecular weight excluding hydrogens is 366 g/mol. The second-order valence-electron chi connectivity index (χ2n) is 5.53. The Bertz CT molecular complexity index is 930. The zero-order chi connectivity index (χ0) is 19.1. The molecule has 0 bridgehead atoms. The van der Waals surface area contributed by atoms with E-state index >= 15 is 0 Å². The summed E-state index contributed by atoms with van der Waals surface area (Å²) in [6.45, 7) is 0. The van der Waals surface area contributed by atoms with Gasteiger partial charge in [0.15, 0.2) is 5.82 Å². The van der Waals surface area contributed by atoms with Crippen LogP contribution in [0.2, 0.25) is 0 Å². The number of carbonyl (C=O) groups is 2. The molecule has 0 aliphatic rings. The lowest BCUT2D eigenvalue weighted by Gasteiger charge is -2.06. The minimum Gasteiger partial charge on any atom is -0.507 e. The minimum atomic E-state index is -0.379. The lowest BCUT2D eigenvalue weighted by atomic mass is 10.1. The van der Waals surface area contributed by atoms with Gasteiger partial charge in [-0.05, 0) is 17.7 Å². The predicted octanol–water partition coefficient (Wildman–Crippen LogP) is 1.66. The van der Waals surface area contributed by atoms with Gasteiger partial charge in [-0.25, -0.2) is 4.98 Å². The summed E-state index contributed by atoms with van der Waals surface area (Å²) in [5, 5.41) is 16.9. The van der Waals surface area contributed by atoms with Gasteiger partial charge in [0, 0.05) is 0 Å². The predicted molar refractivity (Wildman–Crippen MR) is 101 cm³/mol. The molecule has 0 saturated carbocycles. The molecule has 27 heavy (non-hydrogen) atoms. The number of aromatic amines is 1. The molecule has 0 fully saturated rings. The first-order chi connectivity index (χ1) is 13.1. The second kappa shape index (κ2) is 8.86. The lowest BCUT2D eigenvalue weighted by molar-refractivity contribution is -0.127. The summed E-state index contributed by atoms with van der Waals surface area (Å²) < 4.78 is 0. The molecule has 4 N–H and O–H groups in total. The van der Waals surface area contributed by atoms with E-state index in [0.717, 1.165) is 17.3 Å². The fraction of sp³-hybridized carbons (Fsp3) is 0.111. The van der Waals surface area contributed by atoms with Crippen molar-refractivity contribution in [3.05, 3.63) is 60.2 Å². The zero-order valence-electron chi connectivity index (χ0n) is 14.2. The zero-order valence-corrected chi connectivity index (χ0v) is 15.0. The van der Waals surface area contributed by atoms with Gasteiger partial charge in [-0.2, -0.15) is 0 Å². The van der Waals surface area contributed by atoms with Gasteiger partial charge in [0.2, 0.25) is 17.0 Å². The van der Waals surface area contributed by atoms with E-state index < -0.39 is 0 Å². The van der Waals surface area contributed by atoms with Crippen molar-refractivity contribution >= 4 is 23.6 Å². The van der Waals surface area contributed by atoms with Crippen LogP contribution in [-0.2, 0) is 16.0 Å². The third-order valence-corrected chi connectivity index (χ3v) is 4.35. The molecule has 0 atom stereocenters. The smallest absolute Gasteiger partial charge is 0.248 e. The molecule has 0 radical (unpaired) electrons. The van der Waals surface area contributed by atoms with Crippen molar-refractivity contribution in [1.82, 2.24) is 26.0 Å². The fourth-order valence-corrected chi connectivity index (χ4v) is 2.83. The average Bonchev–Trinajstić information content (AvgIpc) is 3.15. The molecule has 0 unspecified atom stereocenters. The van der Waals surface area contributed by atoms with E-state index in [1.165, 1.54) is 0 Å². The number of phenols is 1. The Morgan fingerprint density at radius 1 is 1.00 bits per heavy atom. The molecule has 0 aliphatic heterocycles. The maximum absolute atomic E-state index is 11.9. The van der Waals surface area contributed by atoms with E-state index in [1.54, 1.807) is 24.3 Å². The van der Waals surface area contributed by atoms with Crippen LogP contribution < -0.4 is 10.9 Å². The second-order valence-corrected chi connectivity index (χ2v) is 6.47. The minimum absolute atomic E-state index is 0.0314. The van der Waals surface area contributed by atoms with Crippen LogP contribution in [0.5, 0.6) is 5.75 Å². The van der Waals surface area contributed by atoms with Crippen molar-refractivity contribution in [2.75, 3.05) is 5.75 Å². The Morgan fingerprint density at radius 2 is 1.70 bits per heavy atom. The SMILES string of the molecule is O=C(CSc1n[nH]c(-c2ccccc2O)n1)NNC(=O)Cc1ccccc1. The largest absolute Gasteiger partial charge is 0.507 e. The number of para-hydroxylation sites is 1. The molecule has 0 saturated heterocycles. The number of rotatable bonds is 6. The Hall–Kier alpha value is -3.33. The van der Waals surface area contributed by atoms with Crippen LogP contribution in [0.3, 0.4) is 0 Å². The monoisotopic (exact) mass is 383 g/mol. The number of hydrazine groups is 1. The number of nitrogens with one attached hydrogen (secondary N) is 3. The van der Waals surface area contributed by atoms with Gasteiger partial charge in [-0.3, -0.25) is 25.5 Å². The summed E-state index contributed by atoms with van der Waals surface area (Å²) in [6.07, 6.45) is 0.180. The molecule has 2 amide bonds. The van der Waals surface area contributed by atoms with Gasteiger partial charge in [-0.15, -0.1) is 5.10 Å². The number of benzene rings is 2. The summed E-state index contributed by atoms with van der Waals surface area (Å²) in [4.78, 5) is 27.9. The van der Waals surface area contributed by atoms with E-state index in [-0.39, 0.29) is 29.7 Å². The normalized spacial score (nSPS) is 10.4. The van der Waals surface area contributed by atoms with Crippen LogP contribution in [-0.4, -0.2) is 37.9 Å². The highest BCUT2D eigenvalue weighted by Gasteiger charge is 2.12. The standard InChI is InChI=1S/C18H17N5O3S/c24-14-9-5-4-8-13(14)17-19-18(23-22-17)27-11-16(26)21-20-15(25)10-12-6-2-1-3-7-12/h1-9,24H,10-11H2,(H,20,25)(H,21,26)(H,19,22,23). The topological polar surface area (TPSA) is 120 Å². The van der Waals surface area contributed by atoms with E-state index in [4.69, 9.17) is 0 Å². The number of phenolic OH excluding ortho intramolecular Hbond substituents is 1. The maximum atomic E-state index is 11.9. The van der Waals surface area contributed by atoms with E-state index in [9.17, 15) is 14.7 Å². The van der Waals surface area contributed by atoms with Crippen molar-refractivity contribution in [1.29, 1.82) is 0 Å². The van der Waals surface area contributed by atoms with Gasteiger partial charge in [0.1, 0.15) is 5.75 Å².